The largest absolute Gasteiger partial charge is 0.396 e. The number of hydrogen-bond acceptors (Lipinski definition) is 3. The van der Waals surface area contributed by atoms with Gasteiger partial charge in [0.1, 0.15) is 0 Å². The Labute approximate surface area is 170 Å². The van der Waals surface area contributed by atoms with Crippen molar-refractivity contribution in [3.63, 3.8) is 0 Å². The van der Waals surface area contributed by atoms with Crippen LogP contribution in [0.1, 0.15) is 24.0 Å². The molecular formula is C25H34N2O. The summed E-state index contributed by atoms with van der Waals surface area (Å²) in [4.78, 5) is 5.33. The van der Waals surface area contributed by atoms with Crippen LogP contribution in [0.3, 0.4) is 0 Å². The number of likely N-dealkylation sites (tertiary alicyclic amines) is 2. The lowest BCUT2D eigenvalue weighted by Crippen LogP contribution is -2.35. The van der Waals surface area contributed by atoms with Crippen molar-refractivity contribution in [2.45, 2.75) is 25.7 Å². The first-order chi connectivity index (χ1) is 13.8. The van der Waals surface area contributed by atoms with E-state index in [9.17, 15) is 5.11 Å². The summed E-state index contributed by atoms with van der Waals surface area (Å²) in [7, 11) is 0. The van der Waals surface area contributed by atoms with E-state index in [1.54, 1.807) is 0 Å². The summed E-state index contributed by atoms with van der Waals surface area (Å²) < 4.78 is 0. The van der Waals surface area contributed by atoms with E-state index in [1.807, 2.05) is 0 Å². The fourth-order valence-corrected chi connectivity index (χ4v) is 5.36. The summed E-state index contributed by atoms with van der Waals surface area (Å²) in [5, 5.41) is 9.23. The van der Waals surface area contributed by atoms with Crippen LogP contribution in [-0.2, 0) is 12.8 Å². The lowest BCUT2D eigenvalue weighted by Gasteiger charge is -2.30. The number of rotatable bonds is 9. The van der Waals surface area contributed by atoms with Gasteiger partial charge in [0.25, 0.3) is 0 Å². The van der Waals surface area contributed by atoms with Crippen LogP contribution in [0.4, 0.5) is 0 Å². The number of fused-ring (bicyclic) bond motifs is 1. The molecule has 28 heavy (non-hydrogen) atoms. The van der Waals surface area contributed by atoms with Crippen molar-refractivity contribution in [2.24, 2.45) is 11.3 Å². The molecule has 3 heteroatoms. The van der Waals surface area contributed by atoms with Gasteiger partial charge in [0.15, 0.2) is 0 Å². The molecular weight excluding hydrogens is 344 g/mol. The van der Waals surface area contributed by atoms with Crippen molar-refractivity contribution in [2.75, 3.05) is 45.9 Å². The second-order valence-corrected chi connectivity index (χ2v) is 8.83. The zero-order valence-electron chi connectivity index (χ0n) is 17.0. The SMILES string of the molecule is OCCCN1CC2CN(CCc3ccccc3)CC2(CCc2ccccc2)C1. The van der Waals surface area contributed by atoms with Gasteiger partial charge in [-0.05, 0) is 42.7 Å². The number of hydrogen-bond donors (Lipinski definition) is 1. The fourth-order valence-electron chi connectivity index (χ4n) is 5.36. The molecule has 0 aromatic heterocycles. The number of aryl methyl sites for hydroxylation is 1. The molecule has 2 unspecified atom stereocenters. The molecule has 0 bridgehead atoms. The molecule has 0 radical (unpaired) electrons. The Morgan fingerprint density at radius 3 is 1.96 bits per heavy atom. The third-order valence-electron chi connectivity index (χ3n) is 6.85. The van der Waals surface area contributed by atoms with Gasteiger partial charge in [-0.1, -0.05) is 60.7 Å². The van der Waals surface area contributed by atoms with Crippen LogP contribution in [0.15, 0.2) is 60.7 Å². The quantitative estimate of drug-likeness (QED) is 0.724. The number of aliphatic hydroxyl groups is 1. The van der Waals surface area contributed by atoms with E-state index in [-0.39, 0.29) is 0 Å². The van der Waals surface area contributed by atoms with Crippen molar-refractivity contribution in [3.05, 3.63) is 71.8 Å². The molecule has 2 aliphatic heterocycles. The smallest absolute Gasteiger partial charge is 0.0443 e. The summed E-state index contributed by atoms with van der Waals surface area (Å²) in [5.74, 6) is 0.769. The van der Waals surface area contributed by atoms with Crippen LogP contribution in [0.5, 0.6) is 0 Å². The van der Waals surface area contributed by atoms with Crippen LogP contribution < -0.4 is 0 Å². The number of benzene rings is 2. The van der Waals surface area contributed by atoms with Crippen molar-refractivity contribution in [1.29, 1.82) is 0 Å². The molecule has 2 heterocycles. The minimum absolute atomic E-state index is 0.307. The van der Waals surface area contributed by atoms with Gasteiger partial charge in [-0.3, -0.25) is 0 Å². The third kappa shape index (κ3) is 4.65. The second-order valence-electron chi connectivity index (χ2n) is 8.83. The number of aliphatic hydroxyl groups excluding tert-OH is 1. The van der Waals surface area contributed by atoms with Crippen LogP contribution >= 0.6 is 0 Å². The first kappa shape index (κ1) is 19.6. The Hall–Kier alpha value is -1.68. The monoisotopic (exact) mass is 378 g/mol. The first-order valence-corrected chi connectivity index (χ1v) is 10.9. The van der Waals surface area contributed by atoms with Crippen LogP contribution in [0, 0.1) is 11.3 Å². The normalized spacial score (nSPS) is 25.2. The van der Waals surface area contributed by atoms with E-state index in [2.05, 4.69) is 70.5 Å². The average Bonchev–Trinajstić information content (AvgIpc) is 3.24. The van der Waals surface area contributed by atoms with E-state index in [0.29, 0.717) is 12.0 Å². The predicted molar refractivity (Wildman–Crippen MR) is 115 cm³/mol. The maximum absolute atomic E-state index is 9.23. The Bertz CT molecular complexity index is 720. The molecule has 2 fully saturated rings. The van der Waals surface area contributed by atoms with Crippen molar-refractivity contribution in [3.8, 4) is 0 Å². The van der Waals surface area contributed by atoms with Crippen LogP contribution in [0.25, 0.3) is 0 Å². The summed E-state index contributed by atoms with van der Waals surface area (Å²) in [5.41, 5.74) is 3.33. The highest BCUT2D eigenvalue weighted by Crippen LogP contribution is 2.45. The highest BCUT2D eigenvalue weighted by molar-refractivity contribution is 5.17. The lowest BCUT2D eigenvalue weighted by molar-refractivity contribution is 0.190. The molecule has 0 aliphatic carbocycles. The third-order valence-corrected chi connectivity index (χ3v) is 6.85. The average molecular weight is 379 g/mol. The molecule has 0 amide bonds. The molecule has 1 N–H and O–H groups in total. The van der Waals surface area contributed by atoms with Gasteiger partial charge >= 0.3 is 0 Å². The van der Waals surface area contributed by atoms with E-state index >= 15 is 0 Å². The number of nitrogens with zero attached hydrogens (tertiary/aromatic N) is 2. The van der Waals surface area contributed by atoms with Gasteiger partial charge in [-0.2, -0.15) is 0 Å². The molecule has 150 valence electrons. The molecule has 2 saturated heterocycles. The highest BCUT2D eigenvalue weighted by Gasteiger charge is 2.51. The molecule has 2 atom stereocenters. The van der Waals surface area contributed by atoms with E-state index in [0.717, 1.165) is 25.3 Å². The zero-order chi connectivity index (χ0) is 19.2. The Morgan fingerprint density at radius 2 is 1.36 bits per heavy atom. The van der Waals surface area contributed by atoms with Crippen LogP contribution in [0.2, 0.25) is 0 Å². The summed E-state index contributed by atoms with van der Waals surface area (Å²) in [6.45, 7) is 7.39. The molecule has 0 spiro atoms. The van der Waals surface area contributed by atoms with Crippen molar-refractivity contribution < 1.29 is 5.11 Å². The first-order valence-electron chi connectivity index (χ1n) is 10.9. The molecule has 4 rings (SSSR count). The van der Waals surface area contributed by atoms with Gasteiger partial charge in [0.05, 0.1) is 0 Å². The molecule has 3 nitrogen and oxygen atoms in total. The topological polar surface area (TPSA) is 26.7 Å². The maximum Gasteiger partial charge on any atom is 0.0443 e. The van der Waals surface area contributed by atoms with Crippen molar-refractivity contribution >= 4 is 0 Å². The van der Waals surface area contributed by atoms with E-state index in [1.165, 1.54) is 56.7 Å². The molecule has 2 aliphatic rings. The van der Waals surface area contributed by atoms with Gasteiger partial charge in [0.2, 0.25) is 0 Å². The Balaban J connectivity index is 1.39. The van der Waals surface area contributed by atoms with Gasteiger partial charge in [0, 0.05) is 51.3 Å². The standard InChI is InChI=1S/C25H34N2O/c28-17-7-15-26-18-24-19-27(16-13-23-10-5-2-6-11-23)21-25(24,20-26)14-12-22-8-3-1-4-9-22/h1-6,8-11,24,28H,7,12-21H2. The van der Waals surface area contributed by atoms with Gasteiger partial charge < -0.3 is 14.9 Å². The maximum atomic E-state index is 9.23. The fraction of sp³-hybridized carbons (Fsp3) is 0.520. The van der Waals surface area contributed by atoms with Crippen LogP contribution in [-0.4, -0.2) is 60.8 Å². The minimum Gasteiger partial charge on any atom is -0.396 e. The van der Waals surface area contributed by atoms with Gasteiger partial charge in [-0.15, -0.1) is 0 Å². The second kappa shape index (κ2) is 9.21. The minimum atomic E-state index is 0.307. The summed E-state index contributed by atoms with van der Waals surface area (Å²) in [6.07, 6.45) is 4.51. The van der Waals surface area contributed by atoms with E-state index < -0.39 is 0 Å². The van der Waals surface area contributed by atoms with E-state index in [4.69, 9.17) is 0 Å². The zero-order valence-corrected chi connectivity index (χ0v) is 17.0. The van der Waals surface area contributed by atoms with Gasteiger partial charge in [-0.25, -0.2) is 0 Å². The highest BCUT2D eigenvalue weighted by atomic mass is 16.3. The molecule has 2 aromatic carbocycles. The Morgan fingerprint density at radius 1 is 0.786 bits per heavy atom. The lowest BCUT2D eigenvalue weighted by atomic mass is 9.76. The summed E-state index contributed by atoms with van der Waals surface area (Å²) in [6, 6.07) is 21.9. The molecule has 2 aromatic rings. The van der Waals surface area contributed by atoms with Crippen molar-refractivity contribution in [1.82, 2.24) is 9.80 Å². The molecule has 0 saturated carbocycles. The summed E-state index contributed by atoms with van der Waals surface area (Å²) >= 11 is 0. The predicted octanol–water partition coefficient (Wildman–Crippen LogP) is 3.48. The Kier molecular flexibility index (Phi) is 6.46.